The number of rotatable bonds is 17. The van der Waals surface area contributed by atoms with Crippen LogP contribution in [0.4, 0.5) is 0 Å². The fourth-order valence-electron chi connectivity index (χ4n) is 8.07. The van der Waals surface area contributed by atoms with Crippen molar-refractivity contribution in [2.75, 3.05) is 20.8 Å². The van der Waals surface area contributed by atoms with Gasteiger partial charge in [-0.1, -0.05) is 38.5 Å². The number of methoxy groups -OCH3 is 2. The molecule has 0 unspecified atom stereocenters. The van der Waals surface area contributed by atoms with Gasteiger partial charge < -0.3 is 9.47 Å². The summed E-state index contributed by atoms with van der Waals surface area (Å²) < 4.78 is 24.6. The smallest absolute Gasteiger partial charge is 0.316 e. The number of carbonyl (C=O) groups excluding carboxylic acids is 3. The average molecular weight is 1090 g/mol. The van der Waals surface area contributed by atoms with E-state index in [2.05, 4.69) is 88.1 Å². The molecule has 0 N–H and O–H groups in total. The number of esters is 2. The quantitative estimate of drug-likeness (QED) is 0.0680. The van der Waals surface area contributed by atoms with Crippen LogP contribution in [0.1, 0.15) is 158 Å². The number of Topliss-reactive ketones (excluding diaryl/α,β-unsaturated/α-hetero) is 1. The third kappa shape index (κ3) is 13.4. The number of hydrogen-bond donors (Lipinski definition) is 0. The summed E-state index contributed by atoms with van der Waals surface area (Å²) in [5.74, 6) is -0.239. The number of hydrogen-bond acceptors (Lipinski definition) is 8. The SMILES string of the molecule is C=[C](OCC)[Sn]([CH2]CCC)([CH2]CCC)[CH2]CCC.COC(=O)C1(c2cc(Br)sc2Br)CCCCC1.COC(=O)C1(c2cc(C(C)=O)sc2Br)CCCCC1. The predicted octanol–water partition coefficient (Wildman–Crippen LogP) is 14.7. The van der Waals surface area contributed by atoms with E-state index in [1.807, 2.05) is 6.07 Å². The van der Waals surface area contributed by atoms with Crippen molar-refractivity contribution in [2.24, 2.45) is 0 Å². The first-order valence-corrected chi connectivity index (χ1v) is 31.5. The summed E-state index contributed by atoms with van der Waals surface area (Å²) in [6.45, 7) is 15.7. The Kier molecular flexibility index (Phi) is 23.4. The molecule has 54 heavy (non-hydrogen) atoms. The van der Waals surface area contributed by atoms with Gasteiger partial charge >= 0.3 is 132 Å². The number of unbranched alkanes of at least 4 members (excludes halogenated alkanes) is 3. The summed E-state index contributed by atoms with van der Waals surface area (Å²) >= 11 is 11.3. The number of ketones is 1. The van der Waals surface area contributed by atoms with E-state index in [1.165, 1.54) is 87.6 Å². The topological polar surface area (TPSA) is 78.9 Å². The molecule has 12 heteroatoms. The molecule has 2 heterocycles. The molecular weight excluding hydrogens is 1020 g/mol. The van der Waals surface area contributed by atoms with E-state index in [0.717, 1.165) is 86.9 Å². The van der Waals surface area contributed by atoms with Crippen LogP contribution in [0.2, 0.25) is 13.3 Å². The Bertz CT molecular complexity index is 1450. The third-order valence-electron chi connectivity index (χ3n) is 11.2. The Morgan fingerprint density at radius 3 is 1.43 bits per heavy atom. The van der Waals surface area contributed by atoms with Crippen molar-refractivity contribution in [1.29, 1.82) is 0 Å². The van der Waals surface area contributed by atoms with Crippen LogP contribution in [0, 0.1) is 0 Å². The monoisotopic (exact) mass is 1090 g/mol. The minimum Gasteiger partial charge on any atom is -0.468 e. The molecule has 0 aromatic carbocycles. The zero-order chi connectivity index (χ0) is 40.4. The Balaban J connectivity index is 0.000000281. The summed E-state index contributed by atoms with van der Waals surface area (Å²) in [5, 5.41) is 0. The Hall–Kier alpha value is -0.211. The zero-order valence-electron chi connectivity index (χ0n) is 33.9. The molecule has 0 aliphatic heterocycles. The minimum absolute atomic E-state index is 0.0350. The van der Waals surface area contributed by atoms with E-state index in [9.17, 15) is 14.4 Å². The second-order valence-corrected chi connectivity index (χ2v) is 34.1. The van der Waals surface area contributed by atoms with E-state index >= 15 is 0 Å². The second kappa shape index (κ2) is 25.3. The first kappa shape index (κ1) is 49.9. The van der Waals surface area contributed by atoms with Crippen LogP contribution in [-0.4, -0.2) is 56.9 Å². The molecule has 6 nitrogen and oxygen atoms in total. The Morgan fingerprint density at radius 2 is 1.11 bits per heavy atom. The average Bonchev–Trinajstić information content (AvgIpc) is 3.76. The number of ether oxygens (including phenoxy) is 3. The van der Waals surface area contributed by atoms with E-state index < -0.39 is 29.2 Å². The summed E-state index contributed by atoms with van der Waals surface area (Å²) in [5.41, 5.74) is 1.000. The molecule has 0 saturated heterocycles. The van der Waals surface area contributed by atoms with Gasteiger partial charge in [0.2, 0.25) is 0 Å². The van der Waals surface area contributed by atoms with E-state index in [4.69, 9.17) is 14.2 Å². The summed E-state index contributed by atoms with van der Waals surface area (Å²) in [4.78, 5) is 36.7. The van der Waals surface area contributed by atoms with Crippen LogP contribution in [0.3, 0.4) is 0 Å². The van der Waals surface area contributed by atoms with Gasteiger partial charge in [-0.05, 0) is 104 Å². The molecule has 306 valence electrons. The largest absolute Gasteiger partial charge is 0.468 e. The van der Waals surface area contributed by atoms with Crippen LogP contribution in [0.5, 0.6) is 0 Å². The van der Waals surface area contributed by atoms with Gasteiger partial charge in [0.25, 0.3) is 0 Å². The molecule has 2 aromatic rings. The van der Waals surface area contributed by atoms with Gasteiger partial charge in [-0.3, -0.25) is 14.4 Å². The molecule has 2 saturated carbocycles. The Morgan fingerprint density at radius 1 is 0.704 bits per heavy atom. The number of carbonyl (C=O) groups is 3. The van der Waals surface area contributed by atoms with Crippen molar-refractivity contribution < 1.29 is 28.6 Å². The van der Waals surface area contributed by atoms with Crippen molar-refractivity contribution in [2.45, 2.75) is 161 Å². The van der Waals surface area contributed by atoms with Gasteiger partial charge in [-0.15, -0.1) is 22.7 Å². The fourth-order valence-corrected chi connectivity index (χ4v) is 27.7. The molecule has 2 fully saturated rings. The van der Waals surface area contributed by atoms with Crippen molar-refractivity contribution in [1.82, 2.24) is 0 Å². The predicted molar refractivity (Wildman–Crippen MR) is 241 cm³/mol. The molecule has 2 aromatic heterocycles. The second-order valence-electron chi connectivity index (χ2n) is 14.8. The molecule has 0 atom stereocenters. The van der Waals surface area contributed by atoms with Gasteiger partial charge in [-0.25, -0.2) is 0 Å². The molecule has 0 amide bonds. The van der Waals surface area contributed by atoms with Crippen molar-refractivity contribution in [3.05, 3.63) is 49.9 Å². The van der Waals surface area contributed by atoms with Gasteiger partial charge in [-0.2, -0.15) is 0 Å². The molecule has 0 radical (unpaired) electrons. The van der Waals surface area contributed by atoms with Gasteiger partial charge in [0.15, 0.2) is 5.78 Å². The van der Waals surface area contributed by atoms with Crippen LogP contribution in [0.25, 0.3) is 0 Å². The summed E-state index contributed by atoms with van der Waals surface area (Å²) in [6.07, 6.45) is 18.1. The van der Waals surface area contributed by atoms with Crippen LogP contribution in [0.15, 0.2) is 33.8 Å². The maximum atomic E-state index is 12.3. The van der Waals surface area contributed by atoms with Crippen molar-refractivity contribution in [3.63, 3.8) is 0 Å². The first-order chi connectivity index (χ1) is 25.8. The summed E-state index contributed by atoms with van der Waals surface area (Å²) in [7, 11) is 2.92. The normalized spacial score (nSPS) is 16.2. The maximum Gasteiger partial charge on any atom is 0.316 e. The minimum atomic E-state index is -2.24. The molecule has 0 bridgehead atoms. The van der Waals surface area contributed by atoms with Crippen LogP contribution >= 0.6 is 70.5 Å². The van der Waals surface area contributed by atoms with Gasteiger partial charge in [0, 0.05) is 0 Å². The van der Waals surface area contributed by atoms with Crippen LogP contribution in [-0.2, 0) is 34.6 Å². The number of halogens is 3. The summed E-state index contributed by atoms with van der Waals surface area (Å²) in [6, 6.07) is 3.91. The number of thiophene rings is 2. The fraction of sp³-hybridized carbons (Fsp3) is 0.690. The molecular formula is C42H65Br3O6S2Sn. The van der Waals surface area contributed by atoms with Crippen LogP contribution < -0.4 is 0 Å². The van der Waals surface area contributed by atoms with Crippen molar-refractivity contribution >= 4 is 107 Å². The van der Waals surface area contributed by atoms with E-state index in [1.54, 1.807) is 18.3 Å². The van der Waals surface area contributed by atoms with Gasteiger partial charge in [0.05, 0.1) is 41.3 Å². The molecule has 2 aliphatic rings. The zero-order valence-corrected chi connectivity index (χ0v) is 43.1. The molecule has 0 spiro atoms. The van der Waals surface area contributed by atoms with E-state index in [0.29, 0.717) is 4.88 Å². The Labute approximate surface area is 364 Å². The van der Waals surface area contributed by atoms with E-state index in [-0.39, 0.29) is 17.7 Å². The van der Waals surface area contributed by atoms with Gasteiger partial charge in [0.1, 0.15) is 0 Å². The standard InChI is InChI=1S/C14H17BrO3S.C12H14Br2O2S.C4H7O.3C4H9.Sn/c1-9(16)11-8-10(12(15)19-11)14(13(17)18-2)6-4-3-5-7-14;1-16-11(15)12(5-3-2-4-6-12)8-7-9(13)17-10(8)14;1-3-5-4-2;3*1-3-4-2;/h8H,3-7H2,1-2H3;7H,2-6H2,1H3;1,4H2,2H3;3*1,3-4H2,2H3;. The third-order valence-corrected chi connectivity index (χ3v) is 30.5. The maximum absolute atomic E-state index is 12.3. The first-order valence-electron chi connectivity index (χ1n) is 20.0. The molecule has 4 rings (SSSR count). The van der Waals surface area contributed by atoms with Crippen molar-refractivity contribution in [3.8, 4) is 0 Å². The molecule has 2 aliphatic carbocycles.